The van der Waals surface area contributed by atoms with E-state index in [0.717, 1.165) is 16.7 Å². The molecule has 1 N–H and O–H groups in total. The molecule has 21 heavy (non-hydrogen) atoms. The van der Waals surface area contributed by atoms with Gasteiger partial charge in [-0.15, -0.1) is 0 Å². The number of hydrogen-bond donors (Lipinski definition) is 1. The zero-order valence-electron chi connectivity index (χ0n) is 11.4. The zero-order valence-corrected chi connectivity index (χ0v) is 12.2. The Hall–Kier alpha value is -2.09. The van der Waals surface area contributed by atoms with Crippen LogP contribution in [0.5, 0.6) is 0 Å². The molecule has 0 saturated heterocycles. The molecule has 0 aliphatic carbocycles. The van der Waals surface area contributed by atoms with Crippen molar-refractivity contribution < 1.29 is 5.11 Å². The largest absolute Gasteiger partial charge is 0.384 e. The van der Waals surface area contributed by atoms with Crippen molar-refractivity contribution in [1.82, 2.24) is 0 Å². The highest BCUT2D eigenvalue weighted by atomic mass is 35.5. The molecule has 2 heteroatoms. The molecule has 3 aromatic rings. The monoisotopic (exact) mass is 294 g/mol. The van der Waals surface area contributed by atoms with Crippen LogP contribution in [0.4, 0.5) is 0 Å². The summed E-state index contributed by atoms with van der Waals surface area (Å²) in [4.78, 5) is 0. The first kappa shape index (κ1) is 13.9. The average molecular weight is 295 g/mol. The Morgan fingerprint density at radius 1 is 0.667 bits per heavy atom. The fourth-order valence-electron chi connectivity index (χ4n) is 2.36. The normalized spacial score (nSPS) is 12.1. The molecule has 1 nitrogen and oxygen atoms in total. The van der Waals surface area contributed by atoms with Gasteiger partial charge in [0.25, 0.3) is 0 Å². The van der Waals surface area contributed by atoms with Crippen LogP contribution in [0.25, 0.3) is 11.1 Å². The maximum atomic E-state index is 10.4. The number of hydrogen-bond acceptors (Lipinski definition) is 1. The van der Waals surface area contributed by atoms with E-state index in [0.29, 0.717) is 5.02 Å². The fraction of sp³-hybridized carbons (Fsp3) is 0.0526. The molecule has 1 atom stereocenters. The molecule has 0 heterocycles. The number of benzene rings is 3. The van der Waals surface area contributed by atoms with Gasteiger partial charge >= 0.3 is 0 Å². The molecule has 0 radical (unpaired) electrons. The number of halogens is 1. The lowest BCUT2D eigenvalue weighted by molar-refractivity contribution is 0.220. The van der Waals surface area contributed by atoms with Gasteiger partial charge in [-0.2, -0.15) is 0 Å². The summed E-state index contributed by atoms with van der Waals surface area (Å²) in [5.41, 5.74) is 3.96. The highest BCUT2D eigenvalue weighted by Crippen LogP contribution is 2.26. The van der Waals surface area contributed by atoms with Gasteiger partial charge in [0.15, 0.2) is 0 Å². The summed E-state index contributed by atoms with van der Waals surface area (Å²) in [6, 6.07) is 25.5. The summed E-state index contributed by atoms with van der Waals surface area (Å²) in [6.07, 6.45) is -0.659. The minimum atomic E-state index is -0.659. The van der Waals surface area contributed by atoms with Gasteiger partial charge in [0.1, 0.15) is 6.10 Å². The Bertz CT molecular complexity index is 720. The van der Waals surface area contributed by atoms with E-state index in [1.165, 1.54) is 5.56 Å². The summed E-state index contributed by atoms with van der Waals surface area (Å²) >= 11 is 5.97. The Morgan fingerprint density at radius 3 is 2.00 bits per heavy atom. The molecule has 3 aromatic carbocycles. The first-order valence-electron chi connectivity index (χ1n) is 6.83. The van der Waals surface area contributed by atoms with Crippen LogP contribution in [-0.4, -0.2) is 5.11 Å². The predicted octanol–water partition coefficient (Wildman–Crippen LogP) is 5.09. The van der Waals surface area contributed by atoms with Gasteiger partial charge in [0, 0.05) is 5.02 Å². The fourth-order valence-corrected chi connectivity index (χ4v) is 2.56. The molecule has 0 aromatic heterocycles. The molecule has 0 fully saturated rings. The number of aliphatic hydroxyl groups is 1. The van der Waals surface area contributed by atoms with E-state index in [2.05, 4.69) is 12.1 Å². The SMILES string of the molecule is O[C@@H](c1ccc(-c2ccccc2)cc1)c1cccc(Cl)c1. The maximum Gasteiger partial charge on any atom is 0.104 e. The molecule has 0 aliphatic rings. The summed E-state index contributed by atoms with van der Waals surface area (Å²) in [7, 11) is 0. The molecule has 0 aliphatic heterocycles. The van der Waals surface area contributed by atoms with E-state index in [-0.39, 0.29) is 0 Å². The molecular weight excluding hydrogens is 280 g/mol. The van der Waals surface area contributed by atoms with Crippen LogP contribution in [0.15, 0.2) is 78.9 Å². The second kappa shape index (κ2) is 6.13. The van der Waals surface area contributed by atoms with Crippen molar-refractivity contribution in [2.75, 3.05) is 0 Å². The highest BCUT2D eigenvalue weighted by Gasteiger charge is 2.10. The third kappa shape index (κ3) is 3.15. The first-order valence-corrected chi connectivity index (χ1v) is 7.21. The molecular formula is C19H15ClO. The van der Waals surface area contributed by atoms with Gasteiger partial charge in [-0.3, -0.25) is 0 Å². The van der Waals surface area contributed by atoms with Crippen molar-refractivity contribution in [3.63, 3.8) is 0 Å². The van der Waals surface area contributed by atoms with E-state index in [4.69, 9.17) is 11.6 Å². The van der Waals surface area contributed by atoms with Crippen molar-refractivity contribution in [2.45, 2.75) is 6.10 Å². The Kier molecular flexibility index (Phi) is 4.05. The third-order valence-electron chi connectivity index (χ3n) is 3.50. The van der Waals surface area contributed by atoms with Gasteiger partial charge in [0.05, 0.1) is 0 Å². The van der Waals surface area contributed by atoms with Crippen LogP contribution in [-0.2, 0) is 0 Å². The van der Waals surface area contributed by atoms with Crippen LogP contribution in [0.3, 0.4) is 0 Å². The lowest BCUT2D eigenvalue weighted by Crippen LogP contribution is -1.99. The molecule has 3 rings (SSSR count). The molecule has 104 valence electrons. The standard InChI is InChI=1S/C19H15ClO/c20-18-8-4-7-17(13-18)19(21)16-11-9-15(10-12-16)14-5-2-1-3-6-14/h1-13,19,21H/t19-/m0/s1. The van der Waals surface area contributed by atoms with E-state index < -0.39 is 6.10 Å². The predicted molar refractivity (Wildman–Crippen MR) is 87.4 cm³/mol. The van der Waals surface area contributed by atoms with Crippen LogP contribution >= 0.6 is 11.6 Å². The summed E-state index contributed by atoms with van der Waals surface area (Å²) in [5, 5.41) is 11.1. The van der Waals surface area contributed by atoms with Crippen molar-refractivity contribution in [3.8, 4) is 11.1 Å². The highest BCUT2D eigenvalue weighted by molar-refractivity contribution is 6.30. The molecule has 0 unspecified atom stereocenters. The van der Waals surface area contributed by atoms with Crippen LogP contribution in [0.1, 0.15) is 17.2 Å². The van der Waals surface area contributed by atoms with Gasteiger partial charge < -0.3 is 5.11 Å². The second-order valence-corrected chi connectivity index (χ2v) is 5.38. The van der Waals surface area contributed by atoms with Crippen molar-refractivity contribution >= 4 is 11.6 Å². The van der Waals surface area contributed by atoms with Gasteiger partial charge in [-0.25, -0.2) is 0 Å². The van der Waals surface area contributed by atoms with E-state index in [1.54, 1.807) is 12.1 Å². The minimum Gasteiger partial charge on any atom is -0.384 e. The molecule has 0 spiro atoms. The number of aliphatic hydroxyl groups excluding tert-OH is 1. The summed E-state index contributed by atoms with van der Waals surface area (Å²) < 4.78 is 0. The Morgan fingerprint density at radius 2 is 1.33 bits per heavy atom. The van der Waals surface area contributed by atoms with Crippen molar-refractivity contribution in [2.24, 2.45) is 0 Å². The lowest BCUT2D eigenvalue weighted by Gasteiger charge is -2.12. The maximum absolute atomic E-state index is 10.4. The van der Waals surface area contributed by atoms with Gasteiger partial charge in [-0.05, 0) is 34.4 Å². The molecule has 0 saturated carbocycles. The Balaban J connectivity index is 1.87. The summed E-state index contributed by atoms with van der Waals surface area (Å²) in [5.74, 6) is 0. The van der Waals surface area contributed by atoms with Crippen LogP contribution in [0, 0.1) is 0 Å². The van der Waals surface area contributed by atoms with Crippen molar-refractivity contribution in [1.29, 1.82) is 0 Å². The summed E-state index contributed by atoms with van der Waals surface area (Å²) in [6.45, 7) is 0. The minimum absolute atomic E-state index is 0.632. The van der Waals surface area contributed by atoms with Crippen molar-refractivity contribution in [3.05, 3.63) is 95.0 Å². The number of rotatable bonds is 3. The van der Waals surface area contributed by atoms with Crippen LogP contribution in [0.2, 0.25) is 5.02 Å². The average Bonchev–Trinajstić information content (AvgIpc) is 2.55. The molecule has 0 amide bonds. The Labute approximate surface area is 129 Å². The molecule has 0 bridgehead atoms. The van der Waals surface area contributed by atoms with E-state index in [9.17, 15) is 5.11 Å². The third-order valence-corrected chi connectivity index (χ3v) is 3.73. The zero-order chi connectivity index (χ0) is 14.7. The second-order valence-electron chi connectivity index (χ2n) is 4.95. The lowest BCUT2D eigenvalue weighted by atomic mass is 9.98. The topological polar surface area (TPSA) is 20.2 Å². The van der Waals surface area contributed by atoms with Crippen LogP contribution < -0.4 is 0 Å². The van der Waals surface area contributed by atoms with E-state index in [1.807, 2.05) is 54.6 Å². The van der Waals surface area contributed by atoms with Gasteiger partial charge in [-0.1, -0.05) is 78.3 Å². The smallest absolute Gasteiger partial charge is 0.104 e. The quantitative estimate of drug-likeness (QED) is 0.713. The van der Waals surface area contributed by atoms with Gasteiger partial charge in [0.2, 0.25) is 0 Å². The first-order chi connectivity index (χ1) is 10.2. The van der Waals surface area contributed by atoms with E-state index >= 15 is 0 Å².